The first-order valence-electron chi connectivity index (χ1n) is 18.4. The van der Waals surface area contributed by atoms with Crippen molar-refractivity contribution in [2.45, 2.75) is 139 Å². The summed E-state index contributed by atoms with van der Waals surface area (Å²) in [6.07, 6.45) is 12.9. The molecule has 2 rings (SSSR count). The van der Waals surface area contributed by atoms with E-state index in [4.69, 9.17) is 28.4 Å². The Morgan fingerprint density at radius 1 is 0.635 bits per heavy atom. The number of esters is 1. The zero-order valence-electron chi connectivity index (χ0n) is 30.5. The first kappa shape index (κ1) is 45.8. The summed E-state index contributed by atoms with van der Waals surface area (Å²) in [4.78, 5) is 12.0. The molecule has 0 bridgehead atoms. The largest absolute Gasteiger partial charge is 0.457 e. The van der Waals surface area contributed by atoms with Gasteiger partial charge in [-0.2, -0.15) is 0 Å². The lowest BCUT2D eigenvalue weighted by molar-refractivity contribution is -0.332. The zero-order chi connectivity index (χ0) is 38.1. The molecule has 11 unspecified atom stereocenters. The van der Waals surface area contributed by atoms with Crippen molar-refractivity contribution in [3.8, 4) is 0 Å². The van der Waals surface area contributed by atoms with Gasteiger partial charge in [-0.15, -0.1) is 0 Å². The number of carbonyl (C=O) groups excluding carboxylic acids is 1. The van der Waals surface area contributed by atoms with Crippen LogP contribution in [0, 0.1) is 0 Å². The average Bonchev–Trinajstić information content (AvgIpc) is 3.14. The highest BCUT2D eigenvalue weighted by Gasteiger charge is 2.47. The van der Waals surface area contributed by atoms with Crippen LogP contribution < -0.4 is 0 Å². The Hall–Kier alpha value is -2.31. The molecular formula is C38H62O14. The fraction of sp³-hybridized carbons (Fsp3) is 0.711. The lowest BCUT2D eigenvalue weighted by atomic mass is 9.98. The van der Waals surface area contributed by atoms with Gasteiger partial charge in [-0.25, -0.2) is 0 Å². The van der Waals surface area contributed by atoms with Crippen molar-refractivity contribution in [3.63, 3.8) is 0 Å². The second-order valence-corrected chi connectivity index (χ2v) is 12.6. The van der Waals surface area contributed by atoms with Gasteiger partial charge in [0, 0.05) is 13.0 Å². The van der Waals surface area contributed by atoms with Crippen LogP contribution >= 0.6 is 0 Å². The molecule has 0 aromatic heterocycles. The van der Waals surface area contributed by atoms with Crippen LogP contribution in [-0.4, -0.2) is 142 Å². The Balaban J connectivity index is 1.70. The van der Waals surface area contributed by atoms with Crippen LogP contribution in [0.5, 0.6) is 0 Å². The molecule has 0 radical (unpaired) electrons. The van der Waals surface area contributed by atoms with Crippen LogP contribution in [0.2, 0.25) is 0 Å². The molecule has 7 N–H and O–H groups in total. The lowest BCUT2D eigenvalue weighted by Crippen LogP contribution is -2.61. The van der Waals surface area contributed by atoms with Gasteiger partial charge in [-0.05, 0) is 51.4 Å². The van der Waals surface area contributed by atoms with Crippen molar-refractivity contribution in [2.24, 2.45) is 0 Å². The minimum Gasteiger partial charge on any atom is -0.457 e. The smallest absolute Gasteiger partial charge is 0.305 e. The minimum atomic E-state index is -1.71. The number of unbranched alkanes of at least 4 members (excludes halogenated alkanes) is 2. The van der Waals surface area contributed by atoms with E-state index in [2.05, 4.69) is 67.7 Å². The molecule has 2 aliphatic rings. The molecule has 14 heteroatoms. The molecular weight excluding hydrogens is 680 g/mol. The summed E-state index contributed by atoms with van der Waals surface area (Å²) in [5, 5.41) is 70.9. The molecule has 298 valence electrons. The predicted octanol–water partition coefficient (Wildman–Crippen LogP) is 1.89. The second kappa shape index (κ2) is 27.3. The Morgan fingerprint density at radius 3 is 1.71 bits per heavy atom. The zero-order valence-corrected chi connectivity index (χ0v) is 30.5. The van der Waals surface area contributed by atoms with Crippen molar-refractivity contribution in [2.75, 3.05) is 33.0 Å². The van der Waals surface area contributed by atoms with E-state index in [1.165, 1.54) is 0 Å². The molecule has 14 nitrogen and oxygen atoms in total. The van der Waals surface area contributed by atoms with E-state index in [-0.39, 0.29) is 19.6 Å². The molecule has 2 saturated heterocycles. The van der Waals surface area contributed by atoms with Gasteiger partial charge in [0.1, 0.15) is 54.9 Å². The lowest BCUT2D eigenvalue weighted by Gasteiger charge is -2.42. The molecule has 0 saturated carbocycles. The van der Waals surface area contributed by atoms with Gasteiger partial charge < -0.3 is 64.2 Å². The summed E-state index contributed by atoms with van der Waals surface area (Å²) in [7, 11) is 0. The van der Waals surface area contributed by atoms with Crippen LogP contribution in [0.1, 0.15) is 71.6 Å². The Kier molecular flexibility index (Phi) is 24.1. The molecule has 0 aliphatic carbocycles. The fourth-order valence-electron chi connectivity index (χ4n) is 5.22. The standard InChI is InChI=1S/C38H62O14/c1-3-5-6-7-8-9-10-11-12-13-14-15-16-17-18-19-20-21-22-47-24-27(50-30(40)4-2)25-48-37-36(46)34(44)32(42)29(52-37)26-49-38-35(45)33(43)31(41)28(23-39)51-38/h5-6,8-9,11-12,14-15,17-18,27-29,31-39,41-46H,3-4,7,10,13,16,19-26H2,1-2H3/b6-5-,9-8-,12-11-,15-14-,18-17-. The molecule has 52 heavy (non-hydrogen) atoms. The van der Waals surface area contributed by atoms with Crippen LogP contribution in [0.25, 0.3) is 0 Å². The van der Waals surface area contributed by atoms with Crippen LogP contribution in [0.15, 0.2) is 60.8 Å². The van der Waals surface area contributed by atoms with Crippen LogP contribution in [0.4, 0.5) is 0 Å². The second-order valence-electron chi connectivity index (χ2n) is 12.6. The molecule has 11 atom stereocenters. The summed E-state index contributed by atoms with van der Waals surface area (Å²) in [6, 6.07) is 0. The highest BCUT2D eigenvalue weighted by atomic mass is 16.7. The van der Waals surface area contributed by atoms with Gasteiger partial charge in [0.2, 0.25) is 0 Å². The number of ether oxygens (including phenoxy) is 6. The molecule has 0 amide bonds. The first-order chi connectivity index (χ1) is 25.1. The van der Waals surface area contributed by atoms with Gasteiger partial charge >= 0.3 is 5.97 Å². The highest BCUT2D eigenvalue weighted by Crippen LogP contribution is 2.26. The molecule has 0 spiro atoms. The van der Waals surface area contributed by atoms with Gasteiger partial charge in [-0.1, -0.05) is 74.6 Å². The average molecular weight is 743 g/mol. The third kappa shape index (κ3) is 17.2. The summed E-state index contributed by atoms with van der Waals surface area (Å²) in [5.74, 6) is -0.484. The van der Waals surface area contributed by atoms with E-state index in [1.54, 1.807) is 6.92 Å². The van der Waals surface area contributed by atoms with Crippen molar-refractivity contribution in [3.05, 3.63) is 60.8 Å². The molecule has 2 fully saturated rings. The van der Waals surface area contributed by atoms with E-state index in [0.29, 0.717) is 6.61 Å². The number of allylic oxidation sites excluding steroid dienone is 10. The Labute approximate surface area is 307 Å². The normalized spacial score (nSPS) is 30.8. The molecule has 2 aliphatic heterocycles. The SMILES string of the molecule is CC/C=C\C/C=C\C/C=C\C/C=C\C/C=C\CCCCOCC(COC1OC(COC2OC(CO)C(O)C(O)C2O)C(O)C(O)C1O)OC(=O)CC. The Bertz CT molecular complexity index is 1090. The van der Waals surface area contributed by atoms with E-state index < -0.39 is 86.7 Å². The van der Waals surface area contributed by atoms with E-state index >= 15 is 0 Å². The van der Waals surface area contributed by atoms with Crippen molar-refractivity contribution in [1.29, 1.82) is 0 Å². The first-order valence-corrected chi connectivity index (χ1v) is 18.4. The fourth-order valence-corrected chi connectivity index (χ4v) is 5.22. The predicted molar refractivity (Wildman–Crippen MR) is 192 cm³/mol. The summed E-state index contributed by atoms with van der Waals surface area (Å²) < 4.78 is 33.2. The molecule has 0 aromatic carbocycles. The van der Waals surface area contributed by atoms with E-state index in [0.717, 1.165) is 51.4 Å². The van der Waals surface area contributed by atoms with Gasteiger partial charge in [0.15, 0.2) is 12.6 Å². The third-order valence-corrected chi connectivity index (χ3v) is 8.35. The van der Waals surface area contributed by atoms with Crippen LogP contribution in [0.3, 0.4) is 0 Å². The summed E-state index contributed by atoms with van der Waals surface area (Å²) in [5.41, 5.74) is 0. The van der Waals surface area contributed by atoms with Crippen molar-refractivity contribution < 1.29 is 69.0 Å². The number of rotatable bonds is 25. The maximum absolute atomic E-state index is 12.0. The highest BCUT2D eigenvalue weighted by molar-refractivity contribution is 5.69. The number of hydrogen-bond donors (Lipinski definition) is 7. The number of hydrogen-bond acceptors (Lipinski definition) is 14. The Morgan fingerprint density at radius 2 is 1.15 bits per heavy atom. The van der Waals surface area contributed by atoms with Crippen molar-refractivity contribution in [1.82, 2.24) is 0 Å². The number of carbonyl (C=O) groups is 1. The van der Waals surface area contributed by atoms with E-state index in [1.807, 2.05) is 0 Å². The third-order valence-electron chi connectivity index (χ3n) is 8.35. The van der Waals surface area contributed by atoms with Gasteiger partial charge in [-0.3, -0.25) is 4.79 Å². The maximum Gasteiger partial charge on any atom is 0.305 e. The van der Waals surface area contributed by atoms with Gasteiger partial charge in [0.25, 0.3) is 0 Å². The molecule has 2 heterocycles. The monoisotopic (exact) mass is 742 g/mol. The number of aliphatic hydroxyl groups is 7. The summed E-state index contributed by atoms with van der Waals surface area (Å²) in [6.45, 7) is 2.81. The van der Waals surface area contributed by atoms with Crippen molar-refractivity contribution >= 4 is 5.97 Å². The minimum absolute atomic E-state index is 0.0189. The summed E-state index contributed by atoms with van der Waals surface area (Å²) >= 11 is 0. The topological polar surface area (TPSA) is 214 Å². The quantitative estimate of drug-likeness (QED) is 0.0405. The number of aliphatic hydroxyl groups excluding tert-OH is 7. The molecule has 0 aromatic rings. The maximum atomic E-state index is 12.0. The van der Waals surface area contributed by atoms with E-state index in [9.17, 15) is 40.5 Å². The van der Waals surface area contributed by atoms with Gasteiger partial charge in [0.05, 0.1) is 26.4 Å². The van der Waals surface area contributed by atoms with Crippen LogP contribution in [-0.2, 0) is 33.2 Å².